The summed E-state index contributed by atoms with van der Waals surface area (Å²) in [5.74, 6) is 0.435. The maximum absolute atomic E-state index is 5.73. The predicted octanol–water partition coefficient (Wildman–Crippen LogP) is 0.897. The van der Waals surface area contributed by atoms with Crippen molar-refractivity contribution >= 4 is 17.5 Å². The maximum Gasteiger partial charge on any atom is 0.322 e. The van der Waals surface area contributed by atoms with Gasteiger partial charge < -0.3 is 15.0 Å². The third kappa shape index (κ3) is 4.59. The molecule has 1 heterocycles. The first kappa shape index (κ1) is 12.9. The monoisotopic (exact) mass is 245 g/mol. The van der Waals surface area contributed by atoms with E-state index in [1.165, 1.54) is 0 Å². The van der Waals surface area contributed by atoms with Crippen molar-refractivity contribution in [1.82, 2.24) is 19.9 Å². The topological polar surface area (TPSA) is 63.2 Å². The van der Waals surface area contributed by atoms with Crippen LogP contribution in [0.15, 0.2) is 0 Å². The zero-order valence-electron chi connectivity index (χ0n) is 9.70. The molecule has 1 rings (SSSR count). The molecule has 7 heteroatoms. The number of nitrogens with zero attached hydrogens (tertiary/aromatic N) is 4. The van der Waals surface area contributed by atoms with E-state index in [0.29, 0.717) is 12.6 Å². The fourth-order valence-electron chi connectivity index (χ4n) is 0.996. The molecule has 1 N–H and O–H groups in total. The lowest BCUT2D eigenvalue weighted by molar-refractivity contribution is 0.312. The SMILES string of the molecule is CCOc1nc(Cl)nc(NCCN(C)C)n1. The molecule has 0 aliphatic carbocycles. The van der Waals surface area contributed by atoms with E-state index in [1.54, 1.807) is 0 Å². The largest absolute Gasteiger partial charge is 0.464 e. The molecule has 0 aliphatic rings. The van der Waals surface area contributed by atoms with Gasteiger partial charge in [-0.25, -0.2) is 0 Å². The molecule has 0 saturated carbocycles. The normalized spacial score (nSPS) is 10.6. The Kier molecular flexibility index (Phi) is 5.21. The van der Waals surface area contributed by atoms with Gasteiger partial charge in [0, 0.05) is 13.1 Å². The van der Waals surface area contributed by atoms with Crippen LogP contribution < -0.4 is 10.1 Å². The third-order valence-corrected chi connectivity index (χ3v) is 1.87. The van der Waals surface area contributed by atoms with Crippen molar-refractivity contribution in [3.05, 3.63) is 5.28 Å². The Morgan fingerprint density at radius 2 is 2.06 bits per heavy atom. The number of nitrogens with one attached hydrogen (secondary N) is 1. The Bertz CT molecular complexity index is 334. The smallest absolute Gasteiger partial charge is 0.322 e. The minimum atomic E-state index is 0.130. The molecule has 0 unspecified atom stereocenters. The van der Waals surface area contributed by atoms with Crippen molar-refractivity contribution in [3.63, 3.8) is 0 Å². The zero-order chi connectivity index (χ0) is 12.0. The quantitative estimate of drug-likeness (QED) is 0.804. The molecule has 90 valence electrons. The number of likely N-dealkylation sites (N-methyl/N-ethyl adjacent to an activating group) is 1. The van der Waals surface area contributed by atoms with E-state index in [2.05, 4.69) is 25.2 Å². The lowest BCUT2D eigenvalue weighted by Gasteiger charge is -2.10. The highest BCUT2D eigenvalue weighted by molar-refractivity contribution is 6.28. The van der Waals surface area contributed by atoms with Gasteiger partial charge >= 0.3 is 6.01 Å². The molecular weight excluding hydrogens is 230 g/mol. The molecule has 0 aliphatic heterocycles. The van der Waals surface area contributed by atoms with Crippen LogP contribution >= 0.6 is 11.6 Å². The average Bonchev–Trinajstić information content (AvgIpc) is 2.16. The number of halogens is 1. The van der Waals surface area contributed by atoms with Gasteiger partial charge in [0.1, 0.15) is 0 Å². The molecule has 0 fully saturated rings. The molecule has 0 spiro atoms. The van der Waals surface area contributed by atoms with E-state index in [1.807, 2.05) is 21.0 Å². The van der Waals surface area contributed by atoms with Gasteiger partial charge in [-0.3, -0.25) is 0 Å². The molecule has 6 nitrogen and oxygen atoms in total. The van der Waals surface area contributed by atoms with Crippen LogP contribution in [-0.2, 0) is 0 Å². The highest BCUT2D eigenvalue weighted by Gasteiger charge is 2.04. The summed E-state index contributed by atoms with van der Waals surface area (Å²) in [6.07, 6.45) is 0. The Hall–Kier alpha value is -1.14. The van der Waals surface area contributed by atoms with Crippen molar-refractivity contribution < 1.29 is 4.74 Å². The minimum absolute atomic E-state index is 0.130. The summed E-state index contributed by atoms with van der Waals surface area (Å²) in [7, 11) is 3.99. The van der Waals surface area contributed by atoms with Crippen LogP contribution in [0.4, 0.5) is 5.95 Å². The van der Waals surface area contributed by atoms with Gasteiger partial charge in [0.2, 0.25) is 11.2 Å². The third-order valence-electron chi connectivity index (χ3n) is 1.70. The Morgan fingerprint density at radius 1 is 1.31 bits per heavy atom. The summed E-state index contributed by atoms with van der Waals surface area (Å²) in [6, 6.07) is 0.245. The average molecular weight is 246 g/mol. The first-order valence-corrected chi connectivity index (χ1v) is 5.42. The first-order chi connectivity index (χ1) is 7.61. The summed E-state index contributed by atoms with van der Waals surface area (Å²) < 4.78 is 5.16. The number of rotatable bonds is 6. The van der Waals surface area contributed by atoms with Gasteiger partial charge in [-0.2, -0.15) is 15.0 Å². The van der Waals surface area contributed by atoms with Crippen LogP contribution in [0.1, 0.15) is 6.92 Å². The molecule has 16 heavy (non-hydrogen) atoms. The zero-order valence-corrected chi connectivity index (χ0v) is 10.5. The molecule has 1 aromatic heterocycles. The van der Waals surface area contributed by atoms with Gasteiger partial charge in [-0.1, -0.05) is 0 Å². The van der Waals surface area contributed by atoms with Crippen molar-refractivity contribution in [1.29, 1.82) is 0 Å². The maximum atomic E-state index is 5.73. The van der Waals surface area contributed by atoms with Crippen molar-refractivity contribution in [2.24, 2.45) is 0 Å². The van der Waals surface area contributed by atoms with Gasteiger partial charge in [0.25, 0.3) is 0 Å². The summed E-state index contributed by atoms with van der Waals surface area (Å²) in [5.41, 5.74) is 0. The summed E-state index contributed by atoms with van der Waals surface area (Å²) >= 11 is 5.73. The fraction of sp³-hybridized carbons (Fsp3) is 0.667. The highest BCUT2D eigenvalue weighted by atomic mass is 35.5. The van der Waals surface area contributed by atoms with Crippen molar-refractivity contribution in [2.75, 3.05) is 39.1 Å². The molecule has 0 aromatic carbocycles. The van der Waals surface area contributed by atoms with Crippen LogP contribution in [0.25, 0.3) is 0 Å². The van der Waals surface area contributed by atoms with E-state index in [-0.39, 0.29) is 11.3 Å². The Morgan fingerprint density at radius 3 is 2.69 bits per heavy atom. The number of hydrogen-bond acceptors (Lipinski definition) is 6. The predicted molar refractivity (Wildman–Crippen MR) is 63.0 cm³/mol. The lowest BCUT2D eigenvalue weighted by Crippen LogP contribution is -2.21. The van der Waals surface area contributed by atoms with Gasteiger partial charge in [0.05, 0.1) is 6.61 Å². The molecular formula is C9H16ClN5O. The van der Waals surface area contributed by atoms with Crippen molar-refractivity contribution in [3.8, 4) is 6.01 Å². The lowest BCUT2D eigenvalue weighted by atomic mass is 10.6. The molecule has 1 aromatic rings. The number of aromatic nitrogens is 3. The van der Waals surface area contributed by atoms with Crippen LogP contribution in [0, 0.1) is 0 Å². The molecule has 0 radical (unpaired) electrons. The second-order valence-corrected chi connectivity index (χ2v) is 3.71. The summed E-state index contributed by atoms with van der Waals surface area (Å²) in [6.45, 7) is 3.97. The van der Waals surface area contributed by atoms with Crippen LogP contribution in [-0.4, -0.2) is 53.6 Å². The summed E-state index contributed by atoms with van der Waals surface area (Å²) in [5, 5.41) is 3.18. The standard InChI is InChI=1S/C9H16ClN5O/c1-4-16-9-13-7(10)12-8(14-9)11-5-6-15(2)3/h4-6H2,1-3H3,(H,11,12,13,14). The minimum Gasteiger partial charge on any atom is -0.464 e. The van der Waals surface area contributed by atoms with Crippen LogP contribution in [0.5, 0.6) is 6.01 Å². The van der Waals surface area contributed by atoms with Crippen LogP contribution in [0.3, 0.4) is 0 Å². The van der Waals surface area contributed by atoms with Gasteiger partial charge in [-0.15, -0.1) is 0 Å². The van der Waals surface area contributed by atoms with Crippen molar-refractivity contribution in [2.45, 2.75) is 6.92 Å². The number of hydrogen-bond donors (Lipinski definition) is 1. The molecule has 0 amide bonds. The first-order valence-electron chi connectivity index (χ1n) is 5.04. The molecule has 0 bridgehead atoms. The van der Waals surface area contributed by atoms with E-state index in [4.69, 9.17) is 16.3 Å². The number of anilines is 1. The van der Waals surface area contributed by atoms with E-state index >= 15 is 0 Å². The highest BCUT2D eigenvalue weighted by Crippen LogP contribution is 2.10. The van der Waals surface area contributed by atoms with E-state index < -0.39 is 0 Å². The van der Waals surface area contributed by atoms with Gasteiger partial charge in [-0.05, 0) is 32.6 Å². The van der Waals surface area contributed by atoms with E-state index in [0.717, 1.165) is 13.1 Å². The second-order valence-electron chi connectivity index (χ2n) is 3.37. The second kappa shape index (κ2) is 6.44. The summed E-state index contributed by atoms with van der Waals surface area (Å²) in [4.78, 5) is 13.9. The van der Waals surface area contributed by atoms with Crippen LogP contribution in [0.2, 0.25) is 5.28 Å². The van der Waals surface area contributed by atoms with Gasteiger partial charge in [0.15, 0.2) is 0 Å². The molecule has 0 atom stereocenters. The molecule has 0 saturated heterocycles. The van der Waals surface area contributed by atoms with E-state index in [9.17, 15) is 0 Å². The number of ether oxygens (including phenoxy) is 1. The Balaban J connectivity index is 2.58. The Labute approximate surface area is 100 Å². The fourth-order valence-corrected chi connectivity index (χ4v) is 1.15.